The number of rotatable bonds is 5. The maximum Gasteiger partial charge on any atom is 0.331 e. The van der Waals surface area contributed by atoms with Crippen LogP contribution in [0.15, 0.2) is 12.3 Å². The number of esters is 1. The van der Waals surface area contributed by atoms with Gasteiger partial charge in [-0.2, -0.15) is 0 Å². The van der Waals surface area contributed by atoms with Crippen LogP contribution in [0.1, 0.15) is 12.8 Å². The van der Waals surface area contributed by atoms with Gasteiger partial charge in [0.2, 0.25) is 0 Å². The topological polar surface area (TPSA) is 38.3 Å². The fourth-order valence-corrected chi connectivity index (χ4v) is 0.571. The summed E-state index contributed by atoms with van der Waals surface area (Å²) in [5, 5.41) is 2.91. The van der Waals surface area contributed by atoms with Crippen molar-refractivity contribution in [3.05, 3.63) is 12.3 Å². The molecule has 0 aromatic rings. The highest BCUT2D eigenvalue weighted by molar-refractivity contribution is 5.81. The first-order chi connectivity index (χ1) is 5.81. The first-order valence-corrected chi connectivity index (χ1v) is 3.72. The summed E-state index contributed by atoms with van der Waals surface area (Å²) in [6.07, 6.45) is 9.58. The predicted molar refractivity (Wildman–Crippen MR) is 47.2 cm³/mol. The van der Waals surface area contributed by atoms with E-state index in [0.717, 1.165) is 19.4 Å². The third-order valence-electron chi connectivity index (χ3n) is 1.18. The second-order valence-electron chi connectivity index (χ2n) is 2.12. The van der Waals surface area contributed by atoms with Gasteiger partial charge in [0, 0.05) is 25.2 Å². The van der Waals surface area contributed by atoms with Crippen molar-refractivity contribution in [3.63, 3.8) is 0 Å². The Kier molecular flexibility index (Phi) is 6.76. The molecule has 3 heteroatoms. The molecular formula is C9H13NO2. The van der Waals surface area contributed by atoms with E-state index in [1.807, 2.05) is 0 Å². The third kappa shape index (κ3) is 6.69. The molecule has 0 amide bonds. The maximum atomic E-state index is 10.5. The minimum atomic E-state index is -0.362. The van der Waals surface area contributed by atoms with Crippen LogP contribution in [0.5, 0.6) is 0 Å². The lowest BCUT2D eigenvalue weighted by molar-refractivity contribution is -0.134. The highest BCUT2D eigenvalue weighted by Crippen LogP contribution is 1.82. The van der Waals surface area contributed by atoms with E-state index in [-0.39, 0.29) is 5.97 Å². The van der Waals surface area contributed by atoms with Gasteiger partial charge in [-0.15, -0.1) is 12.3 Å². The molecule has 0 bridgehead atoms. The number of hydrogen-bond acceptors (Lipinski definition) is 3. The summed E-state index contributed by atoms with van der Waals surface area (Å²) in [5.41, 5.74) is 0. The lowest BCUT2D eigenvalue weighted by atomic mass is 10.3. The van der Waals surface area contributed by atoms with Crippen molar-refractivity contribution in [1.82, 2.24) is 5.32 Å². The molecule has 0 aliphatic rings. The molecule has 0 aliphatic carbocycles. The largest absolute Gasteiger partial charge is 0.466 e. The van der Waals surface area contributed by atoms with Crippen molar-refractivity contribution in [3.8, 4) is 12.3 Å². The molecule has 0 radical (unpaired) electrons. The van der Waals surface area contributed by atoms with E-state index in [9.17, 15) is 4.79 Å². The molecule has 0 aromatic carbocycles. The van der Waals surface area contributed by atoms with E-state index < -0.39 is 0 Å². The van der Waals surface area contributed by atoms with E-state index in [0.29, 0.717) is 0 Å². The van der Waals surface area contributed by atoms with Crippen molar-refractivity contribution in [1.29, 1.82) is 0 Å². The van der Waals surface area contributed by atoms with Crippen LogP contribution < -0.4 is 5.32 Å². The number of terminal acetylenes is 1. The molecule has 0 fully saturated rings. The molecule has 0 spiro atoms. The molecule has 0 rings (SSSR count). The highest BCUT2D eigenvalue weighted by atomic mass is 16.5. The van der Waals surface area contributed by atoms with Crippen LogP contribution in [-0.4, -0.2) is 19.6 Å². The molecule has 66 valence electrons. The Bertz CT molecular complexity index is 191. The molecule has 12 heavy (non-hydrogen) atoms. The van der Waals surface area contributed by atoms with Crippen molar-refractivity contribution in [2.75, 3.05) is 13.7 Å². The van der Waals surface area contributed by atoms with Gasteiger partial charge in [-0.3, -0.25) is 0 Å². The Morgan fingerprint density at radius 3 is 3.08 bits per heavy atom. The summed E-state index contributed by atoms with van der Waals surface area (Å²) in [7, 11) is 1.34. The Morgan fingerprint density at radius 2 is 2.50 bits per heavy atom. The molecule has 0 unspecified atom stereocenters. The summed E-state index contributed by atoms with van der Waals surface area (Å²) >= 11 is 0. The van der Waals surface area contributed by atoms with Crippen LogP contribution in [0, 0.1) is 12.3 Å². The van der Waals surface area contributed by atoms with Crippen LogP contribution in [0.3, 0.4) is 0 Å². The zero-order valence-electron chi connectivity index (χ0n) is 7.17. The summed E-state index contributed by atoms with van der Waals surface area (Å²) in [4.78, 5) is 10.5. The van der Waals surface area contributed by atoms with Gasteiger partial charge in [0.05, 0.1) is 7.11 Å². The molecule has 0 saturated heterocycles. The normalized spacial score (nSPS) is 9.33. The van der Waals surface area contributed by atoms with Gasteiger partial charge < -0.3 is 10.1 Å². The SMILES string of the molecule is C#CCCCN/C=C/C(=O)OC. The second-order valence-corrected chi connectivity index (χ2v) is 2.12. The minimum Gasteiger partial charge on any atom is -0.466 e. The Morgan fingerprint density at radius 1 is 1.75 bits per heavy atom. The van der Waals surface area contributed by atoms with Gasteiger partial charge in [0.25, 0.3) is 0 Å². The number of carbonyl (C=O) groups is 1. The van der Waals surface area contributed by atoms with Gasteiger partial charge in [0.15, 0.2) is 0 Å². The summed E-state index contributed by atoms with van der Waals surface area (Å²) in [6, 6.07) is 0. The monoisotopic (exact) mass is 167 g/mol. The number of carbonyl (C=O) groups excluding carboxylic acids is 1. The zero-order chi connectivity index (χ0) is 9.23. The van der Waals surface area contributed by atoms with Crippen molar-refractivity contribution < 1.29 is 9.53 Å². The number of methoxy groups -OCH3 is 1. The third-order valence-corrected chi connectivity index (χ3v) is 1.18. The molecular weight excluding hydrogens is 154 g/mol. The molecule has 3 nitrogen and oxygen atoms in total. The fourth-order valence-electron chi connectivity index (χ4n) is 0.571. The molecule has 0 aromatic heterocycles. The Balaban J connectivity index is 3.25. The van der Waals surface area contributed by atoms with Gasteiger partial charge >= 0.3 is 5.97 Å². The van der Waals surface area contributed by atoms with Crippen LogP contribution in [-0.2, 0) is 9.53 Å². The molecule has 1 N–H and O–H groups in total. The van der Waals surface area contributed by atoms with Crippen LogP contribution >= 0.6 is 0 Å². The van der Waals surface area contributed by atoms with Gasteiger partial charge in [-0.1, -0.05) is 0 Å². The van der Waals surface area contributed by atoms with Crippen molar-refractivity contribution in [2.45, 2.75) is 12.8 Å². The number of nitrogens with one attached hydrogen (secondary N) is 1. The van der Waals surface area contributed by atoms with Crippen LogP contribution in [0.2, 0.25) is 0 Å². The fraction of sp³-hybridized carbons (Fsp3) is 0.444. The maximum absolute atomic E-state index is 10.5. The Hall–Kier alpha value is -1.43. The second kappa shape index (κ2) is 7.67. The number of unbranched alkanes of at least 4 members (excludes halogenated alkanes) is 1. The predicted octanol–water partition coefficient (Wildman–Crippen LogP) is 0.676. The average molecular weight is 167 g/mol. The quantitative estimate of drug-likeness (QED) is 0.283. The highest BCUT2D eigenvalue weighted by Gasteiger charge is 1.88. The number of hydrogen-bond donors (Lipinski definition) is 1. The van der Waals surface area contributed by atoms with E-state index >= 15 is 0 Å². The summed E-state index contributed by atoms with van der Waals surface area (Å²) in [6.45, 7) is 0.775. The lowest BCUT2D eigenvalue weighted by Crippen LogP contribution is -2.07. The van der Waals surface area contributed by atoms with E-state index in [1.165, 1.54) is 13.2 Å². The number of ether oxygens (including phenoxy) is 1. The standard InChI is InChI=1S/C9H13NO2/c1-3-4-5-7-10-8-6-9(11)12-2/h1,6,8,10H,4-5,7H2,2H3/b8-6+. The molecule has 0 heterocycles. The first-order valence-electron chi connectivity index (χ1n) is 3.72. The molecule has 0 saturated carbocycles. The van der Waals surface area contributed by atoms with Gasteiger partial charge in [-0.25, -0.2) is 4.79 Å². The van der Waals surface area contributed by atoms with Crippen LogP contribution in [0.4, 0.5) is 0 Å². The van der Waals surface area contributed by atoms with Gasteiger partial charge in [0.1, 0.15) is 0 Å². The summed E-state index contributed by atoms with van der Waals surface area (Å²) < 4.78 is 4.38. The van der Waals surface area contributed by atoms with Crippen molar-refractivity contribution in [2.24, 2.45) is 0 Å². The Labute approximate surface area is 72.8 Å². The molecule has 0 aliphatic heterocycles. The average Bonchev–Trinajstić information content (AvgIpc) is 2.10. The van der Waals surface area contributed by atoms with E-state index in [4.69, 9.17) is 6.42 Å². The summed E-state index contributed by atoms with van der Waals surface area (Å²) in [5.74, 6) is 2.16. The smallest absolute Gasteiger partial charge is 0.331 e. The lowest BCUT2D eigenvalue weighted by Gasteiger charge is -1.96. The van der Waals surface area contributed by atoms with Gasteiger partial charge in [-0.05, 0) is 6.42 Å². The van der Waals surface area contributed by atoms with Crippen molar-refractivity contribution >= 4 is 5.97 Å². The zero-order valence-corrected chi connectivity index (χ0v) is 7.17. The van der Waals surface area contributed by atoms with E-state index in [1.54, 1.807) is 6.20 Å². The first kappa shape index (κ1) is 10.6. The minimum absolute atomic E-state index is 0.362. The van der Waals surface area contributed by atoms with E-state index in [2.05, 4.69) is 16.0 Å². The molecule has 0 atom stereocenters. The van der Waals surface area contributed by atoms with Crippen LogP contribution in [0.25, 0.3) is 0 Å².